The lowest BCUT2D eigenvalue weighted by Crippen LogP contribution is -2.36. The second-order valence-electron chi connectivity index (χ2n) is 9.67. The van der Waals surface area contributed by atoms with Crippen LogP contribution in [-0.2, 0) is 20.2 Å². The summed E-state index contributed by atoms with van der Waals surface area (Å²) in [4.78, 5) is 2.09. The lowest BCUT2D eigenvalue weighted by atomic mass is 10.1. The van der Waals surface area contributed by atoms with Gasteiger partial charge in [-0.05, 0) is 54.1 Å². The van der Waals surface area contributed by atoms with E-state index in [9.17, 15) is 21.4 Å². The molecule has 9 nitrogen and oxygen atoms in total. The van der Waals surface area contributed by atoms with Crippen LogP contribution in [-0.4, -0.2) is 77.6 Å². The number of thioether (sulfide) groups is 1. The lowest BCUT2D eigenvalue weighted by molar-refractivity contribution is -0.534. The van der Waals surface area contributed by atoms with E-state index in [1.165, 1.54) is 0 Å². The first-order chi connectivity index (χ1) is 18.4. The molecule has 2 heterocycles. The Morgan fingerprint density at radius 2 is 1.82 bits per heavy atom. The Balaban J connectivity index is 1.56. The van der Waals surface area contributed by atoms with Gasteiger partial charge in [-0.2, -0.15) is 16.8 Å². The summed E-state index contributed by atoms with van der Waals surface area (Å²) < 4.78 is 71.6. The molecule has 0 spiro atoms. The molecule has 4 rings (SSSR count). The largest absolute Gasteiger partial charge is 0.468 e. The summed E-state index contributed by atoms with van der Waals surface area (Å²) >= 11 is 8.21. The number of halogens is 1. The zero-order chi connectivity index (χ0) is 28.2. The Morgan fingerprint density at radius 3 is 2.54 bits per heavy atom. The van der Waals surface area contributed by atoms with Gasteiger partial charge < -0.3 is 9.64 Å². The Kier molecular flexibility index (Phi) is 9.87. The molecule has 0 aliphatic carbocycles. The van der Waals surface area contributed by atoms with E-state index in [0.29, 0.717) is 38.1 Å². The van der Waals surface area contributed by atoms with Crippen molar-refractivity contribution in [3.8, 4) is 5.75 Å². The monoisotopic (exact) mass is 617 g/mol. The third-order valence-electron chi connectivity index (χ3n) is 6.82. The van der Waals surface area contributed by atoms with Gasteiger partial charge in [-0.3, -0.25) is 9.11 Å². The predicted octanol–water partition coefficient (Wildman–Crippen LogP) is 4.76. The highest BCUT2D eigenvalue weighted by atomic mass is 35.5. The minimum absolute atomic E-state index is 0.208. The van der Waals surface area contributed by atoms with Crippen LogP contribution in [0.1, 0.15) is 39.0 Å². The van der Waals surface area contributed by atoms with Crippen LogP contribution in [0.2, 0.25) is 0 Å². The molecule has 0 fully saturated rings. The molecule has 2 aliphatic heterocycles. The molecule has 0 saturated heterocycles. The van der Waals surface area contributed by atoms with Crippen molar-refractivity contribution in [2.45, 2.75) is 50.8 Å². The van der Waals surface area contributed by atoms with E-state index in [4.69, 9.17) is 20.9 Å². The molecular formula is C26H34ClN2O7S3+. The lowest BCUT2D eigenvalue weighted by Gasteiger charge is -2.26. The van der Waals surface area contributed by atoms with Crippen molar-refractivity contribution in [1.29, 1.82) is 0 Å². The van der Waals surface area contributed by atoms with Crippen molar-refractivity contribution in [1.82, 2.24) is 0 Å². The summed E-state index contributed by atoms with van der Waals surface area (Å²) in [5.41, 5.74) is 1.85. The van der Waals surface area contributed by atoms with Gasteiger partial charge in [0.25, 0.3) is 20.2 Å². The zero-order valence-electron chi connectivity index (χ0n) is 21.7. The number of anilines is 1. The predicted molar refractivity (Wildman–Crippen MR) is 158 cm³/mol. The number of ether oxygens (including phenoxy) is 1. The summed E-state index contributed by atoms with van der Waals surface area (Å²) in [6, 6.07) is 11.9. The molecule has 0 bridgehead atoms. The Labute approximate surface area is 239 Å². The van der Waals surface area contributed by atoms with Crippen molar-refractivity contribution in [3.05, 3.63) is 48.0 Å². The number of rotatable bonds is 13. The fourth-order valence-corrected chi connectivity index (χ4v) is 7.55. The van der Waals surface area contributed by atoms with Gasteiger partial charge in [0.15, 0.2) is 6.23 Å². The van der Waals surface area contributed by atoms with Gasteiger partial charge >= 0.3 is 0 Å². The Bertz CT molecular complexity index is 1480. The van der Waals surface area contributed by atoms with Gasteiger partial charge in [0.05, 0.1) is 22.9 Å². The number of hydrogen-bond acceptors (Lipinski definition) is 7. The first-order valence-corrected chi connectivity index (χ1v) is 17.5. The van der Waals surface area contributed by atoms with E-state index in [2.05, 4.69) is 22.5 Å². The molecule has 0 aromatic heterocycles. The van der Waals surface area contributed by atoms with E-state index in [1.807, 2.05) is 36.4 Å². The maximum Gasteiger partial charge on any atom is 0.264 e. The van der Waals surface area contributed by atoms with Crippen LogP contribution in [0.5, 0.6) is 5.75 Å². The molecule has 0 amide bonds. The molecule has 2 aliphatic rings. The van der Waals surface area contributed by atoms with Crippen LogP contribution in [0, 0.1) is 0 Å². The second kappa shape index (κ2) is 12.8. The van der Waals surface area contributed by atoms with E-state index < -0.39 is 20.2 Å². The van der Waals surface area contributed by atoms with Crippen LogP contribution in [0.15, 0.2) is 48.0 Å². The van der Waals surface area contributed by atoms with Gasteiger partial charge in [-0.15, -0.1) is 0 Å². The fourth-order valence-electron chi connectivity index (χ4n) is 4.92. The molecule has 13 heteroatoms. The van der Waals surface area contributed by atoms with E-state index in [0.717, 1.165) is 39.2 Å². The SMILES string of the molecule is CC/C(=C\C1=[N+](CCCCS(=O)(=O)O)C(Cl)CS1)CC1Oc2ccc3ccccc3c2N1CCCS(=O)(=O)O. The minimum Gasteiger partial charge on any atom is -0.468 e. The van der Waals surface area contributed by atoms with Gasteiger partial charge in [-0.1, -0.05) is 42.8 Å². The number of nitrogens with zero attached hydrogens (tertiary/aromatic N) is 2. The maximum atomic E-state index is 11.4. The normalized spacial score (nSPS) is 20.1. The first-order valence-electron chi connectivity index (χ1n) is 12.9. The van der Waals surface area contributed by atoms with Crippen LogP contribution in [0.4, 0.5) is 5.69 Å². The first kappa shape index (κ1) is 30.1. The average Bonchev–Trinajstić information content (AvgIpc) is 3.39. The Morgan fingerprint density at radius 1 is 1.10 bits per heavy atom. The van der Waals surface area contributed by atoms with Crippen LogP contribution < -0.4 is 9.64 Å². The fraction of sp³-hybridized carbons (Fsp3) is 0.500. The van der Waals surface area contributed by atoms with Crippen LogP contribution >= 0.6 is 23.4 Å². The van der Waals surface area contributed by atoms with Gasteiger partial charge in [0.2, 0.25) is 10.5 Å². The maximum absolute atomic E-state index is 11.4. The number of alkyl halides is 1. The van der Waals surface area contributed by atoms with Crippen molar-refractivity contribution in [3.63, 3.8) is 0 Å². The molecule has 214 valence electrons. The quantitative estimate of drug-likeness (QED) is 0.108. The molecule has 2 aromatic carbocycles. The highest BCUT2D eigenvalue weighted by molar-refractivity contribution is 8.14. The highest BCUT2D eigenvalue weighted by Crippen LogP contribution is 2.44. The highest BCUT2D eigenvalue weighted by Gasteiger charge is 2.34. The summed E-state index contributed by atoms with van der Waals surface area (Å²) in [5.74, 6) is 0.853. The summed E-state index contributed by atoms with van der Waals surface area (Å²) in [6.45, 7) is 3.05. The molecule has 2 atom stereocenters. The van der Waals surface area contributed by atoms with Crippen molar-refractivity contribution in [2.75, 3.05) is 35.2 Å². The van der Waals surface area contributed by atoms with E-state index in [1.54, 1.807) is 11.8 Å². The van der Waals surface area contributed by atoms with Crippen LogP contribution in [0.3, 0.4) is 0 Å². The van der Waals surface area contributed by atoms with Crippen LogP contribution in [0.25, 0.3) is 10.8 Å². The molecule has 2 unspecified atom stereocenters. The summed E-state index contributed by atoms with van der Waals surface area (Å²) in [5, 5.41) is 3.09. The summed E-state index contributed by atoms with van der Waals surface area (Å²) in [6.07, 6.45) is 4.31. The number of fused-ring (bicyclic) bond motifs is 3. The average molecular weight is 618 g/mol. The zero-order valence-corrected chi connectivity index (χ0v) is 24.9. The molecular weight excluding hydrogens is 584 g/mol. The number of unbranched alkanes of at least 4 members (excludes halogenated alkanes) is 1. The Hall–Kier alpha value is -1.83. The third-order valence-corrected chi connectivity index (χ3v) is 10.1. The number of benzene rings is 2. The van der Waals surface area contributed by atoms with Crippen molar-refractivity contribution >= 4 is 65.1 Å². The molecule has 2 N–H and O–H groups in total. The van der Waals surface area contributed by atoms with E-state index in [-0.39, 0.29) is 29.7 Å². The van der Waals surface area contributed by atoms with Crippen molar-refractivity contribution < 1.29 is 35.3 Å². The molecule has 0 radical (unpaired) electrons. The second-order valence-corrected chi connectivity index (χ2v) is 14.4. The smallest absolute Gasteiger partial charge is 0.264 e. The molecule has 39 heavy (non-hydrogen) atoms. The molecule has 0 saturated carbocycles. The van der Waals surface area contributed by atoms with Gasteiger partial charge in [-0.25, -0.2) is 4.58 Å². The van der Waals surface area contributed by atoms with E-state index >= 15 is 0 Å². The van der Waals surface area contributed by atoms with Gasteiger partial charge in [0, 0.05) is 30.8 Å². The summed E-state index contributed by atoms with van der Waals surface area (Å²) in [7, 11) is -8.06. The third kappa shape index (κ3) is 8.11. The van der Waals surface area contributed by atoms with Gasteiger partial charge in [0.1, 0.15) is 12.3 Å². The topological polar surface area (TPSA) is 124 Å². The number of hydrogen-bond donors (Lipinski definition) is 2. The van der Waals surface area contributed by atoms with Crippen molar-refractivity contribution in [2.24, 2.45) is 0 Å². The standard InChI is InChI=1S/C26H33ClN2O7S3/c1-2-19(17-25-28(23(27)18-37-25)12-5-6-14-38(30,31)32)16-24-29(13-7-15-39(33,34)35)26-21-9-4-3-8-20(21)10-11-22(26)36-24/h3-4,8-11,17,23-24H,2,5-7,12-16,18H2,1H3,(H-,30,31,32,33,34,35)/p+1/b19-17+. The minimum atomic E-state index is -4.08. The molecule has 2 aromatic rings.